The molecule has 10 heteroatoms. The number of hydrogen-bond donors (Lipinski definition) is 4. The Bertz CT molecular complexity index is 798. The van der Waals surface area contributed by atoms with E-state index in [1.54, 1.807) is 18.2 Å². The van der Waals surface area contributed by atoms with E-state index in [4.69, 9.17) is 16.7 Å². The van der Waals surface area contributed by atoms with Crippen molar-refractivity contribution in [1.29, 1.82) is 0 Å². The fourth-order valence-electron chi connectivity index (χ4n) is 2.08. The summed E-state index contributed by atoms with van der Waals surface area (Å²) in [5.74, 6) is 5.67. The number of hydrogen-bond acceptors (Lipinski definition) is 5. The summed E-state index contributed by atoms with van der Waals surface area (Å²) >= 11 is 3.33. The number of halogens is 4. The zero-order chi connectivity index (χ0) is 23.3. The summed E-state index contributed by atoms with van der Waals surface area (Å²) in [6, 6.07) is 9.76. The van der Waals surface area contributed by atoms with Crippen molar-refractivity contribution in [1.82, 2.24) is 5.12 Å². The first-order valence-corrected chi connectivity index (χ1v) is 9.71. The Hall–Kier alpha value is -2.56. The SMILES string of the molecule is C=C.CC.N/C(=N\N(N)CCO)c1cc(Br)ccc1Nc1ccc(C(F)(F)F)cc1. The molecule has 0 atom stereocenters. The smallest absolute Gasteiger partial charge is 0.394 e. The van der Waals surface area contributed by atoms with Crippen LogP contribution in [0.2, 0.25) is 0 Å². The van der Waals surface area contributed by atoms with Gasteiger partial charge in [0.15, 0.2) is 5.84 Å². The number of alkyl halides is 3. The molecule has 0 radical (unpaired) electrons. The van der Waals surface area contributed by atoms with Crippen LogP contribution in [-0.4, -0.2) is 29.2 Å². The van der Waals surface area contributed by atoms with Gasteiger partial charge in [-0.15, -0.1) is 18.3 Å². The second-order valence-corrected chi connectivity index (χ2v) is 6.18. The topological polar surface area (TPSA) is 99.9 Å². The molecule has 30 heavy (non-hydrogen) atoms. The Morgan fingerprint density at radius 3 is 2.23 bits per heavy atom. The summed E-state index contributed by atoms with van der Waals surface area (Å²) in [5.41, 5.74) is 6.71. The molecule has 0 fully saturated rings. The van der Waals surface area contributed by atoms with Crippen molar-refractivity contribution >= 4 is 33.1 Å². The lowest BCUT2D eigenvalue weighted by molar-refractivity contribution is -0.137. The Morgan fingerprint density at radius 1 is 1.17 bits per heavy atom. The second-order valence-electron chi connectivity index (χ2n) is 5.26. The molecule has 0 amide bonds. The number of nitrogens with one attached hydrogen (secondary N) is 1. The molecule has 0 aromatic heterocycles. The van der Waals surface area contributed by atoms with E-state index in [9.17, 15) is 13.2 Å². The standard InChI is InChI=1S/C16H17BrF3N5O.C2H6.C2H4/c17-11-3-6-14(13(9-11)15(21)24-25(22)7-8-26)23-12-4-1-10(2-5-12)16(18,19)20;2*1-2/h1-6,9,23,26H,7-8,22H2,(H2,21,24);1-2H3;1-2H2. The van der Waals surface area contributed by atoms with Crippen LogP contribution < -0.4 is 16.9 Å². The molecule has 166 valence electrons. The molecule has 2 aromatic rings. The molecule has 6 nitrogen and oxygen atoms in total. The van der Waals surface area contributed by atoms with E-state index in [1.807, 2.05) is 13.8 Å². The minimum absolute atomic E-state index is 0.0802. The van der Waals surface area contributed by atoms with Crippen LogP contribution in [0.25, 0.3) is 0 Å². The second kappa shape index (κ2) is 13.6. The van der Waals surface area contributed by atoms with Gasteiger partial charge in [-0.3, -0.25) is 0 Å². The van der Waals surface area contributed by atoms with Gasteiger partial charge in [0, 0.05) is 21.4 Å². The van der Waals surface area contributed by atoms with Crippen molar-refractivity contribution in [2.45, 2.75) is 20.0 Å². The predicted molar refractivity (Wildman–Crippen MR) is 120 cm³/mol. The van der Waals surface area contributed by atoms with Crippen LogP contribution in [-0.2, 0) is 6.18 Å². The highest BCUT2D eigenvalue weighted by atomic mass is 79.9. The molecule has 0 bridgehead atoms. The maximum atomic E-state index is 12.7. The van der Waals surface area contributed by atoms with Gasteiger partial charge in [-0.05, 0) is 42.5 Å². The van der Waals surface area contributed by atoms with Gasteiger partial charge < -0.3 is 16.2 Å². The lowest BCUT2D eigenvalue weighted by Crippen LogP contribution is -2.32. The largest absolute Gasteiger partial charge is 0.416 e. The molecule has 0 saturated heterocycles. The highest BCUT2D eigenvalue weighted by Gasteiger charge is 2.29. The number of anilines is 2. The first-order valence-electron chi connectivity index (χ1n) is 8.92. The van der Waals surface area contributed by atoms with Gasteiger partial charge in [0.1, 0.15) is 0 Å². The quantitative estimate of drug-likeness (QED) is 0.153. The van der Waals surface area contributed by atoms with Gasteiger partial charge in [0.05, 0.1) is 18.7 Å². The summed E-state index contributed by atoms with van der Waals surface area (Å²) in [7, 11) is 0. The predicted octanol–water partition coefficient (Wildman–Crippen LogP) is 4.83. The van der Waals surface area contributed by atoms with Gasteiger partial charge in [0.25, 0.3) is 0 Å². The van der Waals surface area contributed by atoms with Gasteiger partial charge in [-0.25, -0.2) is 11.0 Å². The van der Waals surface area contributed by atoms with Crippen LogP contribution in [0.4, 0.5) is 24.5 Å². The fourth-order valence-corrected chi connectivity index (χ4v) is 2.44. The third kappa shape index (κ3) is 8.85. The summed E-state index contributed by atoms with van der Waals surface area (Å²) in [4.78, 5) is 0. The fraction of sp³-hybridized carbons (Fsp3) is 0.250. The maximum Gasteiger partial charge on any atom is 0.416 e. The summed E-state index contributed by atoms with van der Waals surface area (Å²) in [6.07, 6.45) is -4.39. The number of benzene rings is 2. The van der Waals surface area contributed by atoms with E-state index in [2.05, 4.69) is 39.5 Å². The van der Waals surface area contributed by atoms with Gasteiger partial charge in [-0.2, -0.15) is 13.2 Å². The Labute approximate surface area is 183 Å². The molecule has 0 aliphatic heterocycles. The molecule has 2 rings (SSSR count). The molecule has 0 unspecified atom stereocenters. The molecule has 0 heterocycles. The number of aliphatic hydroxyl groups excluding tert-OH is 1. The average Bonchev–Trinajstić information content (AvgIpc) is 2.72. The van der Waals surface area contributed by atoms with Gasteiger partial charge in [0.2, 0.25) is 0 Å². The number of hydrazine groups is 1. The van der Waals surface area contributed by atoms with Crippen LogP contribution in [0.15, 0.2) is 65.2 Å². The highest BCUT2D eigenvalue weighted by molar-refractivity contribution is 9.10. The first kappa shape index (κ1) is 27.4. The number of aliphatic hydroxyl groups is 1. The maximum absolute atomic E-state index is 12.7. The van der Waals surface area contributed by atoms with Crippen LogP contribution in [0.5, 0.6) is 0 Å². The van der Waals surface area contributed by atoms with E-state index in [-0.39, 0.29) is 19.0 Å². The van der Waals surface area contributed by atoms with Crippen molar-refractivity contribution in [3.8, 4) is 0 Å². The summed E-state index contributed by atoms with van der Waals surface area (Å²) in [5, 5.41) is 16.8. The van der Waals surface area contributed by atoms with Crippen molar-refractivity contribution in [2.24, 2.45) is 16.7 Å². The molecular formula is C20H27BrF3N5O. The van der Waals surface area contributed by atoms with Crippen molar-refractivity contribution in [3.05, 3.63) is 71.2 Å². The van der Waals surface area contributed by atoms with E-state index >= 15 is 0 Å². The highest BCUT2D eigenvalue weighted by Crippen LogP contribution is 2.31. The molecular weight excluding hydrogens is 463 g/mol. The number of rotatable bonds is 6. The minimum atomic E-state index is -4.39. The average molecular weight is 490 g/mol. The van der Waals surface area contributed by atoms with Crippen LogP contribution in [0.1, 0.15) is 25.0 Å². The molecule has 2 aromatic carbocycles. The van der Waals surface area contributed by atoms with E-state index in [1.165, 1.54) is 12.1 Å². The number of amidine groups is 1. The Morgan fingerprint density at radius 2 is 1.73 bits per heavy atom. The van der Waals surface area contributed by atoms with Crippen molar-refractivity contribution in [3.63, 3.8) is 0 Å². The lowest BCUT2D eigenvalue weighted by Gasteiger charge is -2.16. The van der Waals surface area contributed by atoms with Gasteiger partial charge in [-0.1, -0.05) is 29.8 Å². The van der Waals surface area contributed by atoms with Gasteiger partial charge >= 0.3 is 6.18 Å². The molecule has 0 aliphatic carbocycles. The first-order chi connectivity index (χ1) is 14.2. The number of nitrogens with zero attached hydrogens (tertiary/aromatic N) is 2. The minimum Gasteiger partial charge on any atom is -0.394 e. The number of nitrogens with two attached hydrogens (primary N) is 2. The third-order valence-electron chi connectivity index (χ3n) is 3.31. The van der Waals surface area contributed by atoms with Crippen LogP contribution >= 0.6 is 15.9 Å². The molecule has 0 saturated carbocycles. The molecule has 6 N–H and O–H groups in total. The zero-order valence-electron chi connectivity index (χ0n) is 16.9. The van der Waals surface area contributed by atoms with Crippen molar-refractivity contribution in [2.75, 3.05) is 18.5 Å². The monoisotopic (exact) mass is 489 g/mol. The van der Waals surface area contributed by atoms with Crippen molar-refractivity contribution < 1.29 is 18.3 Å². The third-order valence-corrected chi connectivity index (χ3v) is 3.81. The Kier molecular flexibility index (Phi) is 12.5. The lowest BCUT2D eigenvalue weighted by atomic mass is 10.1. The van der Waals surface area contributed by atoms with Crippen LogP contribution in [0.3, 0.4) is 0 Å². The van der Waals surface area contributed by atoms with E-state index in [0.29, 0.717) is 16.9 Å². The number of hydrazone groups is 1. The summed E-state index contributed by atoms with van der Waals surface area (Å²) < 4.78 is 38.7. The Balaban J connectivity index is 0.00000198. The van der Waals surface area contributed by atoms with E-state index < -0.39 is 11.7 Å². The summed E-state index contributed by atoms with van der Waals surface area (Å²) in [6.45, 7) is 9.90. The van der Waals surface area contributed by atoms with E-state index in [0.717, 1.165) is 21.7 Å². The molecule has 0 aliphatic rings. The zero-order valence-corrected chi connectivity index (χ0v) is 18.5. The van der Waals surface area contributed by atoms with Crippen LogP contribution in [0, 0.1) is 0 Å². The normalized spacial score (nSPS) is 10.9. The molecule has 0 spiro atoms.